The van der Waals surface area contributed by atoms with Gasteiger partial charge >= 0.3 is 0 Å². The summed E-state index contributed by atoms with van der Waals surface area (Å²) in [5.74, 6) is 0.406. The highest BCUT2D eigenvalue weighted by atomic mass is 16.3. The van der Waals surface area contributed by atoms with E-state index in [1.54, 1.807) is 6.26 Å². The number of carbonyl (C=O) groups is 2. The highest BCUT2D eigenvalue weighted by molar-refractivity contribution is 6.02. The van der Waals surface area contributed by atoms with Crippen molar-refractivity contribution >= 4 is 11.8 Å². The van der Waals surface area contributed by atoms with Crippen LogP contribution in [0, 0.1) is 0 Å². The highest BCUT2D eigenvalue weighted by Crippen LogP contribution is 2.49. The zero-order valence-electron chi connectivity index (χ0n) is 16.6. The van der Waals surface area contributed by atoms with Crippen LogP contribution >= 0.6 is 0 Å². The predicted molar refractivity (Wildman–Crippen MR) is 107 cm³/mol. The van der Waals surface area contributed by atoms with Crippen molar-refractivity contribution in [3.05, 3.63) is 59.5 Å². The van der Waals surface area contributed by atoms with Crippen LogP contribution in [0.1, 0.15) is 73.6 Å². The van der Waals surface area contributed by atoms with Crippen molar-refractivity contribution in [3.8, 4) is 0 Å². The molecule has 1 aliphatic heterocycles. The van der Waals surface area contributed by atoms with Crippen LogP contribution in [-0.2, 0) is 11.3 Å². The number of nitrogens with zero attached hydrogens (tertiary/aromatic N) is 1. The summed E-state index contributed by atoms with van der Waals surface area (Å²) in [5.41, 5.74) is 0.993. The molecule has 0 bridgehead atoms. The lowest BCUT2D eigenvalue weighted by atomic mass is 9.65. The number of furan rings is 1. The van der Waals surface area contributed by atoms with Gasteiger partial charge in [-0.05, 0) is 50.5 Å². The fraction of sp³-hybridized carbons (Fsp3) is 0.478. The second kappa shape index (κ2) is 7.46. The van der Waals surface area contributed by atoms with E-state index in [1.165, 1.54) is 0 Å². The van der Waals surface area contributed by atoms with Gasteiger partial charge in [0.25, 0.3) is 5.91 Å². The third kappa shape index (κ3) is 3.13. The molecule has 1 spiro atoms. The van der Waals surface area contributed by atoms with E-state index in [0.717, 1.165) is 43.4 Å². The number of rotatable bonds is 4. The van der Waals surface area contributed by atoms with Crippen LogP contribution in [0.3, 0.4) is 0 Å². The smallest absolute Gasteiger partial charge is 0.255 e. The van der Waals surface area contributed by atoms with E-state index >= 15 is 0 Å². The van der Waals surface area contributed by atoms with Gasteiger partial charge < -0.3 is 14.6 Å². The molecule has 2 heterocycles. The minimum absolute atomic E-state index is 0.00231. The maximum atomic E-state index is 13.6. The second-order valence-electron chi connectivity index (χ2n) is 8.32. The Labute approximate surface area is 166 Å². The molecule has 1 N–H and O–H groups in total. The minimum atomic E-state index is -0.505. The normalized spacial score (nSPS) is 21.0. The number of carbonyl (C=O) groups excluding carboxylic acids is 2. The van der Waals surface area contributed by atoms with E-state index in [-0.39, 0.29) is 23.8 Å². The number of amides is 2. The van der Waals surface area contributed by atoms with E-state index < -0.39 is 5.54 Å². The Balaban J connectivity index is 1.86. The summed E-state index contributed by atoms with van der Waals surface area (Å²) in [7, 11) is 0. The van der Waals surface area contributed by atoms with Gasteiger partial charge in [0.2, 0.25) is 5.91 Å². The summed E-state index contributed by atoms with van der Waals surface area (Å²) in [6, 6.07) is 11.4. The van der Waals surface area contributed by atoms with Gasteiger partial charge in [-0.25, -0.2) is 0 Å². The summed E-state index contributed by atoms with van der Waals surface area (Å²) in [6.07, 6.45) is 6.50. The van der Waals surface area contributed by atoms with E-state index in [1.807, 2.05) is 55.1 Å². The van der Waals surface area contributed by atoms with E-state index in [9.17, 15) is 9.59 Å². The van der Waals surface area contributed by atoms with Crippen LogP contribution in [0.25, 0.3) is 0 Å². The number of fused-ring (bicyclic) bond motifs is 1. The van der Waals surface area contributed by atoms with Crippen LogP contribution < -0.4 is 5.32 Å². The predicted octanol–water partition coefficient (Wildman–Crippen LogP) is 4.25. The van der Waals surface area contributed by atoms with Crippen molar-refractivity contribution in [2.24, 2.45) is 0 Å². The summed E-state index contributed by atoms with van der Waals surface area (Å²) < 4.78 is 5.57. The largest absolute Gasteiger partial charge is 0.467 e. The van der Waals surface area contributed by atoms with Gasteiger partial charge in [-0.15, -0.1) is 0 Å². The van der Waals surface area contributed by atoms with Crippen LogP contribution in [0.5, 0.6) is 0 Å². The monoisotopic (exact) mass is 380 g/mol. The quantitative estimate of drug-likeness (QED) is 0.863. The Kier molecular flexibility index (Phi) is 5.00. The van der Waals surface area contributed by atoms with Gasteiger partial charge in [-0.2, -0.15) is 0 Å². The molecule has 2 aliphatic rings. The Hall–Kier alpha value is -2.56. The van der Waals surface area contributed by atoms with Gasteiger partial charge in [-0.1, -0.05) is 37.5 Å². The van der Waals surface area contributed by atoms with Crippen molar-refractivity contribution in [2.45, 2.75) is 70.0 Å². The van der Waals surface area contributed by atoms with E-state index in [4.69, 9.17) is 4.42 Å². The van der Waals surface area contributed by atoms with Crippen molar-refractivity contribution in [1.82, 2.24) is 10.2 Å². The van der Waals surface area contributed by atoms with Crippen molar-refractivity contribution < 1.29 is 14.0 Å². The van der Waals surface area contributed by atoms with Crippen LogP contribution in [0.15, 0.2) is 47.1 Å². The molecule has 5 heteroatoms. The molecule has 4 rings (SSSR count). The first-order chi connectivity index (χ1) is 13.5. The number of nitrogens with one attached hydrogen (secondary N) is 1. The molecule has 2 amide bonds. The van der Waals surface area contributed by atoms with Gasteiger partial charge in [0.05, 0.1) is 24.3 Å². The molecule has 28 heavy (non-hydrogen) atoms. The molecule has 0 unspecified atom stereocenters. The molecule has 1 saturated carbocycles. The van der Waals surface area contributed by atoms with Gasteiger partial charge in [0.1, 0.15) is 5.76 Å². The van der Waals surface area contributed by atoms with Gasteiger partial charge in [0.15, 0.2) is 0 Å². The number of benzene rings is 1. The molecule has 1 aromatic carbocycles. The average molecular weight is 380 g/mol. The fourth-order valence-electron chi connectivity index (χ4n) is 5.00. The first-order valence-electron chi connectivity index (χ1n) is 10.3. The Morgan fingerprint density at radius 3 is 2.61 bits per heavy atom. The zero-order chi connectivity index (χ0) is 19.7. The number of hydrogen-bond acceptors (Lipinski definition) is 3. The Bertz CT molecular complexity index is 850. The third-order valence-corrected chi connectivity index (χ3v) is 6.13. The van der Waals surface area contributed by atoms with E-state index in [0.29, 0.717) is 12.1 Å². The zero-order valence-corrected chi connectivity index (χ0v) is 16.6. The molecule has 2 aromatic rings. The molecule has 0 radical (unpaired) electrons. The third-order valence-electron chi connectivity index (χ3n) is 6.13. The molecule has 5 nitrogen and oxygen atoms in total. The molecule has 1 aromatic heterocycles. The molecule has 0 saturated heterocycles. The Morgan fingerprint density at radius 1 is 1.18 bits per heavy atom. The highest BCUT2D eigenvalue weighted by Gasteiger charge is 2.54. The average Bonchev–Trinajstić information content (AvgIpc) is 3.19. The summed E-state index contributed by atoms with van der Waals surface area (Å²) in [6.45, 7) is 4.35. The lowest BCUT2D eigenvalue weighted by Gasteiger charge is -2.53. The second-order valence-corrected chi connectivity index (χ2v) is 8.32. The lowest BCUT2D eigenvalue weighted by Crippen LogP contribution is -2.62. The van der Waals surface area contributed by atoms with Gasteiger partial charge in [-0.3, -0.25) is 9.59 Å². The van der Waals surface area contributed by atoms with Crippen LogP contribution in [-0.4, -0.2) is 28.3 Å². The minimum Gasteiger partial charge on any atom is -0.467 e. The fourth-order valence-corrected chi connectivity index (χ4v) is 5.00. The van der Waals surface area contributed by atoms with Gasteiger partial charge in [0, 0.05) is 11.6 Å². The van der Waals surface area contributed by atoms with Crippen molar-refractivity contribution in [2.75, 3.05) is 0 Å². The molecule has 1 atom stereocenters. The van der Waals surface area contributed by atoms with Crippen LogP contribution in [0.2, 0.25) is 0 Å². The first-order valence-corrected chi connectivity index (χ1v) is 10.3. The van der Waals surface area contributed by atoms with Crippen molar-refractivity contribution in [3.63, 3.8) is 0 Å². The number of hydrogen-bond donors (Lipinski definition) is 1. The standard InChI is InChI=1S/C23H28N2O3/c1-16(2)24-21(26)20-18-10-4-5-11-19(18)22(27)25(15-17-9-8-14-28-17)23(20)12-6-3-7-13-23/h4-5,8-11,14,16,20H,3,6-7,12-13,15H2,1-2H3,(H,24,26)/t20-/m0/s1. The first kappa shape index (κ1) is 18.8. The molecular weight excluding hydrogens is 352 g/mol. The topological polar surface area (TPSA) is 62.6 Å². The molecule has 1 aliphatic carbocycles. The SMILES string of the molecule is CC(C)NC(=O)[C@@H]1c2ccccc2C(=O)N(Cc2ccco2)C12CCCCC2. The summed E-state index contributed by atoms with van der Waals surface area (Å²) >= 11 is 0. The van der Waals surface area contributed by atoms with E-state index in [2.05, 4.69) is 5.32 Å². The lowest BCUT2D eigenvalue weighted by molar-refractivity contribution is -0.128. The molecule has 1 fully saturated rings. The Morgan fingerprint density at radius 2 is 1.93 bits per heavy atom. The molecular formula is C23H28N2O3. The van der Waals surface area contributed by atoms with Crippen molar-refractivity contribution in [1.29, 1.82) is 0 Å². The summed E-state index contributed by atoms with van der Waals surface area (Å²) in [5, 5.41) is 3.12. The summed E-state index contributed by atoms with van der Waals surface area (Å²) in [4.78, 5) is 28.9. The maximum absolute atomic E-state index is 13.6. The van der Waals surface area contributed by atoms with Crippen LogP contribution in [0.4, 0.5) is 0 Å². The molecule has 148 valence electrons. The maximum Gasteiger partial charge on any atom is 0.255 e.